The van der Waals surface area contributed by atoms with Crippen molar-refractivity contribution in [3.63, 3.8) is 0 Å². The zero-order valence-electron chi connectivity index (χ0n) is 13.4. The maximum Gasteiger partial charge on any atom is 0.0471 e. The van der Waals surface area contributed by atoms with Crippen LogP contribution in [0.15, 0.2) is 18.2 Å². The van der Waals surface area contributed by atoms with Crippen molar-refractivity contribution in [2.75, 3.05) is 33.2 Å². The Morgan fingerprint density at radius 1 is 1.20 bits per heavy atom. The molecule has 3 heteroatoms. The Hall–Kier alpha value is -0.900. The van der Waals surface area contributed by atoms with Crippen LogP contribution in [-0.4, -0.2) is 49.1 Å². The van der Waals surface area contributed by atoms with Crippen LogP contribution in [0.3, 0.4) is 0 Å². The van der Waals surface area contributed by atoms with Gasteiger partial charge in [-0.3, -0.25) is 4.90 Å². The van der Waals surface area contributed by atoms with Gasteiger partial charge >= 0.3 is 0 Å². The van der Waals surface area contributed by atoms with Crippen molar-refractivity contribution in [3.8, 4) is 0 Å². The molecule has 0 spiro atoms. The molecule has 1 aromatic carbocycles. The van der Waals surface area contributed by atoms with Gasteiger partial charge in [0.2, 0.25) is 0 Å². The van der Waals surface area contributed by atoms with Gasteiger partial charge in [-0.05, 0) is 32.9 Å². The third-order valence-corrected chi connectivity index (χ3v) is 4.57. The molecule has 0 saturated carbocycles. The summed E-state index contributed by atoms with van der Waals surface area (Å²) in [6.07, 6.45) is 1.21. The Kier molecular flexibility index (Phi) is 5.19. The van der Waals surface area contributed by atoms with Crippen molar-refractivity contribution < 1.29 is 0 Å². The predicted octanol–water partition coefficient (Wildman–Crippen LogP) is 2.33. The summed E-state index contributed by atoms with van der Waals surface area (Å²) in [4.78, 5) is 5.05. The van der Waals surface area contributed by atoms with Crippen molar-refractivity contribution in [1.29, 1.82) is 0 Å². The molecule has 1 saturated heterocycles. The van der Waals surface area contributed by atoms with E-state index in [1.54, 1.807) is 0 Å². The van der Waals surface area contributed by atoms with Crippen molar-refractivity contribution in [1.82, 2.24) is 9.80 Å². The minimum absolute atomic E-state index is 0.358. The lowest BCUT2D eigenvalue weighted by Crippen LogP contribution is -2.53. The fourth-order valence-corrected chi connectivity index (χ4v) is 3.39. The van der Waals surface area contributed by atoms with Gasteiger partial charge in [0.25, 0.3) is 0 Å². The Balaban J connectivity index is 2.19. The first-order valence-corrected chi connectivity index (χ1v) is 7.77. The molecule has 0 bridgehead atoms. The number of benzene rings is 1. The van der Waals surface area contributed by atoms with Gasteiger partial charge in [-0.2, -0.15) is 0 Å². The number of hydrogen-bond acceptors (Lipinski definition) is 3. The molecular formula is C17H29N3. The third kappa shape index (κ3) is 3.40. The highest BCUT2D eigenvalue weighted by atomic mass is 15.3. The largest absolute Gasteiger partial charge is 0.329 e. The van der Waals surface area contributed by atoms with Crippen molar-refractivity contribution >= 4 is 0 Å². The maximum absolute atomic E-state index is 6.10. The van der Waals surface area contributed by atoms with Crippen molar-refractivity contribution in [2.45, 2.75) is 39.3 Å². The molecule has 112 valence electrons. The average molecular weight is 275 g/mol. The van der Waals surface area contributed by atoms with Gasteiger partial charge in [0.1, 0.15) is 0 Å². The van der Waals surface area contributed by atoms with E-state index in [0.717, 1.165) is 19.6 Å². The lowest BCUT2D eigenvalue weighted by molar-refractivity contribution is 0.0643. The topological polar surface area (TPSA) is 32.5 Å². The van der Waals surface area contributed by atoms with Gasteiger partial charge in [0.15, 0.2) is 0 Å². The van der Waals surface area contributed by atoms with Crippen molar-refractivity contribution in [2.24, 2.45) is 5.73 Å². The van der Waals surface area contributed by atoms with E-state index in [2.05, 4.69) is 55.8 Å². The Morgan fingerprint density at radius 3 is 2.40 bits per heavy atom. The van der Waals surface area contributed by atoms with E-state index < -0.39 is 0 Å². The van der Waals surface area contributed by atoms with Gasteiger partial charge < -0.3 is 10.6 Å². The summed E-state index contributed by atoms with van der Waals surface area (Å²) in [5.74, 6) is 0. The predicted molar refractivity (Wildman–Crippen MR) is 86.0 cm³/mol. The van der Waals surface area contributed by atoms with Crippen LogP contribution in [0.25, 0.3) is 0 Å². The minimum atomic E-state index is 0.358. The van der Waals surface area contributed by atoms with Gasteiger partial charge in [-0.15, -0.1) is 0 Å². The minimum Gasteiger partial charge on any atom is -0.329 e. The molecule has 1 fully saturated rings. The summed E-state index contributed by atoms with van der Waals surface area (Å²) >= 11 is 0. The van der Waals surface area contributed by atoms with E-state index in [0.29, 0.717) is 18.6 Å². The second-order valence-corrected chi connectivity index (χ2v) is 6.21. The number of rotatable bonds is 4. The fraction of sp³-hybridized carbons (Fsp3) is 0.647. The number of piperazine rings is 1. The Bertz CT molecular complexity index is 424. The zero-order valence-corrected chi connectivity index (χ0v) is 13.4. The van der Waals surface area contributed by atoms with Gasteiger partial charge in [0.05, 0.1) is 0 Å². The first-order chi connectivity index (χ1) is 9.55. The van der Waals surface area contributed by atoms with Crippen LogP contribution in [0.1, 0.15) is 36.1 Å². The lowest BCUT2D eigenvalue weighted by Gasteiger charge is -2.42. The van der Waals surface area contributed by atoms with Gasteiger partial charge in [0, 0.05) is 38.3 Å². The first kappa shape index (κ1) is 15.5. The van der Waals surface area contributed by atoms with Gasteiger partial charge in [-0.1, -0.05) is 36.2 Å². The standard InChI is InChI=1S/C17H29N3/c1-5-16-12-20(7-6-19(16)4)17(11-18)15-9-13(2)8-14(3)10-15/h8-10,16-17H,5-7,11-12,18H2,1-4H3. The highest BCUT2D eigenvalue weighted by molar-refractivity contribution is 5.31. The number of aryl methyl sites for hydroxylation is 2. The molecular weight excluding hydrogens is 246 g/mol. The molecule has 2 atom stereocenters. The van der Waals surface area contributed by atoms with Crippen LogP contribution < -0.4 is 5.73 Å². The summed E-state index contributed by atoms with van der Waals surface area (Å²) in [5, 5.41) is 0. The van der Waals surface area contributed by atoms with Crippen LogP contribution in [0.2, 0.25) is 0 Å². The number of hydrogen-bond donors (Lipinski definition) is 1. The number of likely N-dealkylation sites (N-methyl/N-ethyl adjacent to an activating group) is 1. The van der Waals surface area contributed by atoms with E-state index in [-0.39, 0.29) is 0 Å². The SMILES string of the molecule is CCC1CN(C(CN)c2cc(C)cc(C)c2)CCN1C. The van der Waals surface area contributed by atoms with E-state index in [1.807, 2.05) is 0 Å². The maximum atomic E-state index is 6.10. The van der Waals surface area contributed by atoms with E-state index in [9.17, 15) is 0 Å². The number of nitrogens with two attached hydrogens (primary N) is 1. The molecule has 1 aromatic rings. The average Bonchev–Trinajstić information content (AvgIpc) is 2.40. The van der Waals surface area contributed by atoms with Gasteiger partial charge in [-0.25, -0.2) is 0 Å². The molecule has 20 heavy (non-hydrogen) atoms. The summed E-state index contributed by atoms with van der Waals surface area (Å²) in [5.41, 5.74) is 10.1. The molecule has 1 heterocycles. The highest BCUT2D eigenvalue weighted by Crippen LogP contribution is 2.25. The molecule has 0 aromatic heterocycles. The molecule has 1 aliphatic rings. The van der Waals surface area contributed by atoms with E-state index in [4.69, 9.17) is 5.73 Å². The smallest absolute Gasteiger partial charge is 0.0471 e. The third-order valence-electron chi connectivity index (χ3n) is 4.57. The normalized spacial score (nSPS) is 22.9. The lowest BCUT2D eigenvalue weighted by atomic mass is 9.98. The summed E-state index contributed by atoms with van der Waals surface area (Å²) in [6, 6.07) is 7.84. The second-order valence-electron chi connectivity index (χ2n) is 6.21. The molecule has 2 N–H and O–H groups in total. The van der Waals surface area contributed by atoms with Crippen LogP contribution in [0.4, 0.5) is 0 Å². The summed E-state index contributed by atoms with van der Waals surface area (Å²) < 4.78 is 0. The summed E-state index contributed by atoms with van der Waals surface area (Å²) in [6.45, 7) is 10.7. The molecule has 2 rings (SSSR count). The van der Waals surface area contributed by atoms with E-state index >= 15 is 0 Å². The Labute approximate surface area is 123 Å². The number of nitrogens with zero attached hydrogens (tertiary/aromatic N) is 2. The van der Waals surface area contributed by atoms with Crippen LogP contribution in [-0.2, 0) is 0 Å². The molecule has 1 aliphatic heterocycles. The molecule has 3 nitrogen and oxygen atoms in total. The van der Waals surface area contributed by atoms with Crippen LogP contribution in [0.5, 0.6) is 0 Å². The van der Waals surface area contributed by atoms with Crippen molar-refractivity contribution in [3.05, 3.63) is 34.9 Å². The fourth-order valence-electron chi connectivity index (χ4n) is 3.39. The Morgan fingerprint density at radius 2 is 1.85 bits per heavy atom. The second kappa shape index (κ2) is 6.70. The quantitative estimate of drug-likeness (QED) is 0.915. The van der Waals surface area contributed by atoms with E-state index in [1.165, 1.54) is 23.1 Å². The first-order valence-electron chi connectivity index (χ1n) is 7.77. The van der Waals surface area contributed by atoms with Crippen LogP contribution in [0, 0.1) is 13.8 Å². The highest BCUT2D eigenvalue weighted by Gasteiger charge is 2.28. The molecule has 2 unspecified atom stereocenters. The molecule has 0 radical (unpaired) electrons. The molecule has 0 aliphatic carbocycles. The zero-order chi connectivity index (χ0) is 14.7. The molecule has 0 amide bonds. The summed E-state index contributed by atoms with van der Waals surface area (Å²) in [7, 11) is 2.24. The van der Waals surface area contributed by atoms with Crippen LogP contribution >= 0.6 is 0 Å². The monoisotopic (exact) mass is 275 g/mol.